The van der Waals surface area contributed by atoms with Crippen LogP contribution in [-0.4, -0.2) is 45.9 Å². The van der Waals surface area contributed by atoms with Gasteiger partial charge in [0.15, 0.2) is 0 Å². The Morgan fingerprint density at radius 2 is 0.500 bits per heavy atom. The smallest absolute Gasteiger partial charge is 0.870 e. The van der Waals surface area contributed by atoms with E-state index < -0.39 is 17.9 Å². The zero-order chi connectivity index (χ0) is 36.2. The first-order valence-electron chi connectivity index (χ1n) is 20.9. The van der Waals surface area contributed by atoms with E-state index in [1.54, 1.807) is 0 Å². The minimum atomic E-state index is -0.907. The van der Waals surface area contributed by atoms with Crippen molar-refractivity contribution in [1.29, 1.82) is 0 Å². The molecular weight excluding hydrogens is 643 g/mol. The minimum absolute atomic E-state index is 0. The van der Waals surface area contributed by atoms with Crippen molar-refractivity contribution < 1.29 is 35.2 Å². The van der Waals surface area contributed by atoms with Gasteiger partial charge in [0, 0.05) is 18.4 Å². The molecule has 0 radical (unpaired) electrons. The standard InChI is InChI=1S/3C14H28O2.Al.H2O/c3*1-2-3-4-5-6-7-8-9-10-11-12-13-14(15)16;;/h3*2-13H2,1H3,(H,15,16);;1H2/q;;;+3;/p-3. The van der Waals surface area contributed by atoms with Crippen LogP contribution in [0.3, 0.4) is 0 Å². The third-order valence-electron chi connectivity index (χ3n) is 8.96. The molecule has 0 heterocycles. The Kier molecular flexibility index (Phi) is 63.7. The zero-order valence-electron chi connectivity index (χ0n) is 33.5. The van der Waals surface area contributed by atoms with Gasteiger partial charge < -0.3 is 30.4 Å². The quantitative estimate of drug-likeness (QED) is 0.0499. The number of aliphatic carboxylic acids is 3. The van der Waals surface area contributed by atoms with Gasteiger partial charge in [-0.3, -0.25) is 4.79 Å². The molecule has 0 unspecified atom stereocenters. The van der Waals surface area contributed by atoms with Crippen LogP contribution in [0.2, 0.25) is 0 Å². The molecule has 0 aliphatic heterocycles. The fraction of sp³-hybridized carbons (Fsp3) is 0.929. The number of unbranched alkanes of at least 4 members (excludes halogenated alkanes) is 30. The Bertz CT molecular complexity index is 560. The van der Waals surface area contributed by atoms with Crippen LogP contribution in [0.4, 0.5) is 0 Å². The average molecular weight is 727 g/mol. The fourth-order valence-corrected chi connectivity index (χ4v) is 5.81. The van der Waals surface area contributed by atoms with Gasteiger partial charge >= 0.3 is 23.3 Å². The topological polar surface area (TPSA) is 148 Å². The molecule has 50 heavy (non-hydrogen) atoms. The maximum atomic E-state index is 10.3. The summed E-state index contributed by atoms with van der Waals surface area (Å²) in [6, 6.07) is 0. The predicted molar refractivity (Wildman–Crippen MR) is 209 cm³/mol. The van der Waals surface area contributed by atoms with E-state index in [1.807, 2.05) is 0 Å². The summed E-state index contributed by atoms with van der Waals surface area (Å²) < 4.78 is 0. The third kappa shape index (κ3) is 68.8. The zero-order valence-corrected chi connectivity index (χ0v) is 34.6. The number of carbonyl (C=O) groups is 3. The molecule has 7 nitrogen and oxygen atoms in total. The molecule has 0 aromatic carbocycles. The van der Waals surface area contributed by atoms with Crippen molar-refractivity contribution in [3.8, 4) is 0 Å². The molecule has 0 saturated heterocycles. The molecule has 8 heteroatoms. The molecule has 0 atom stereocenters. The van der Waals surface area contributed by atoms with E-state index >= 15 is 0 Å². The van der Waals surface area contributed by atoms with E-state index in [0.29, 0.717) is 6.42 Å². The van der Waals surface area contributed by atoms with E-state index in [4.69, 9.17) is 5.11 Å². The second-order valence-corrected chi connectivity index (χ2v) is 14.0. The first-order valence-corrected chi connectivity index (χ1v) is 20.9. The Morgan fingerprint density at radius 1 is 0.340 bits per heavy atom. The van der Waals surface area contributed by atoms with Crippen LogP contribution < -0.4 is 10.2 Å². The summed E-state index contributed by atoms with van der Waals surface area (Å²) in [7, 11) is 0. The second kappa shape index (κ2) is 54.7. The maximum absolute atomic E-state index is 10.3. The molecule has 2 N–H and O–H groups in total. The van der Waals surface area contributed by atoms with Crippen molar-refractivity contribution in [3.63, 3.8) is 0 Å². The molecule has 0 saturated carbocycles. The average Bonchev–Trinajstić information content (AvgIpc) is 3.05. The van der Waals surface area contributed by atoms with E-state index in [2.05, 4.69) is 20.8 Å². The Balaban J connectivity index is -0.000000199. The minimum Gasteiger partial charge on any atom is -0.870 e. The van der Waals surface area contributed by atoms with Gasteiger partial charge in [0.1, 0.15) is 0 Å². The third-order valence-corrected chi connectivity index (χ3v) is 8.96. The predicted octanol–water partition coefficient (Wildman–Crippen LogP) is 11.1. The second-order valence-electron chi connectivity index (χ2n) is 14.0. The number of hydrogen-bond acceptors (Lipinski definition) is 6. The van der Waals surface area contributed by atoms with E-state index in [1.165, 1.54) is 173 Å². The first kappa shape index (κ1) is 58.2. The normalized spacial score (nSPS) is 10.1. The van der Waals surface area contributed by atoms with Crippen LogP contribution in [0.15, 0.2) is 0 Å². The largest absolute Gasteiger partial charge is 3.00 e. The van der Waals surface area contributed by atoms with Gasteiger partial charge in [-0.25, -0.2) is 0 Å². The van der Waals surface area contributed by atoms with Gasteiger partial charge in [0.05, 0.1) is 0 Å². The van der Waals surface area contributed by atoms with Gasteiger partial charge in [0.2, 0.25) is 0 Å². The van der Waals surface area contributed by atoms with Crippen molar-refractivity contribution in [1.82, 2.24) is 0 Å². The Morgan fingerprint density at radius 3 is 0.660 bits per heavy atom. The van der Waals surface area contributed by atoms with Crippen molar-refractivity contribution >= 4 is 35.3 Å². The van der Waals surface area contributed by atoms with Crippen molar-refractivity contribution in [3.05, 3.63) is 0 Å². The SMILES string of the molecule is CCCCCCCCCCCCCC(=O)O.CCCCCCCCCCCCCC(=O)[O-].CCCCCCCCCCCCCC(=O)[O-].[Al+3].[OH-]. The van der Waals surface area contributed by atoms with E-state index in [0.717, 1.165) is 38.5 Å². The summed E-state index contributed by atoms with van der Waals surface area (Å²) >= 11 is 0. The monoisotopic (exact) mass is 727 g/mol. The summed E-state index contributed by atoms with van der Waals surface area (Å²) in [5, 5.41) is 28.8. The molecule has 0 spiro atoms. The molecule has 0 rings (SSSR count). The Labute approximate surface area is 321 Å². The summed E-state index contributed by atoms with van der Waals surface area (Å²) in [5.74, 6) is -2.47. The molecule has 0 bridgehead atoms. The number of hydrogen-bond donors (Lipinski definition) is 1. The molecule has 0 aliphatic carbocycles. The summed E-state index contributed by atoms with van der Waals surface area (Å²) in [4.78, 5) is 30.6. The molecular formula is C42H83AlO7. The van der Waals surface area contributed by atoms with E-state index in [-0.39, 0.29) is 35.7 Å². The van der Waals surface area contributed by atoms with Crippen LogP contribution in [0.25, 0.3) is 0 Å². The van der Waals surface area contributed by atoms with Gasteiger partial charge in [-0.05, 0) is 32.1 Å². The van der Waals surface area contributed by atoms with Crippen LogP contribution in [0, 0.1) is 0 Å². The van der Waals surface area contributed by atoms with Gasteiger partial charge in [0.25, 0.3) is 0 Å². The Hall–Kier alpha value is -1.10. The number of carboxylic acids is 3. The molecule has 0 aromatic heterocycles. The fourth-order valence-electron chi connectivity index (χ4n) is 5.81. The van der Waals surface area contributed by atoms with Gasteiger partial charge in [-0.15, -0.1) is 0 Å². The molecule has 0 amide bonds. The van der Waals surface area contributed by atoms with Crippen LogP contribution in [0.1, 0.15) is 252 Å². The maximum Gasteiger partial charge on any atom is 3.00 e. The molecule has 0 fully saturated rings. The molecule has 296 valence electrons. The summed E-state index contributed by atoms with van der Waals surface area (Å²) in [6.45, 7) is 6.73. The molecule has 0 aliphatic rings. The van der Waals surface area contributed by atoms with Crippen LogP contribution in [0.5, 0.6) is 0 Å². The van der Waals surface area contributed by atoms with Crippen molar-refractivity contribution in [2.24, 2.45) is 0 Å². The van der Waals surface area contributed by atoms with Crippen molar-refractivity contribution in [2.45, 2.75) is 252 Å². The van der Waals surface area contributed by atoms with Crippen LogP contribution in [-0.2, 0) is 14.4 Å². The van der Waals surface area contributed by atoms with Gasteiger partial charge in [-0.1, -0.05) is 213 Å². The molecule has 0 aromatic rings. The number of carbonyl (C=O) groups excluding carboxylic acids is 2. The number of rotatable bonds is 36. The summed E-state index contributed by atoms with van der Waals surface area (Å²) in [5.41, 5.74) is 0. The van der Waals surface area contributed by atoms with Gasteiger partial charge in [-0.2, -0.15) is 0 Å². The van der Waals surface area contributed by atoms with E-state index in [9.17, 15) is 24.6 Å². The summed E-state index contributed by atoms with van der Waals surface area (Å²) in [6.07, 6.45) is 42.4. The number of carboxylic acid groups (broad SMARTS) is 3. The van der Waals surface area contributed by atoms with Crippen molar-refractivity contribution in [2.75, 3.05) is 0 Å². The first-order chi connectivity index (χ1) is 23.3. The van der Waals surface area contributed by atoms with Crippen LogP contribution >= 0.6 is 0 Å².